The highest BCUT2D eigenvalue weighted by Crippen LogP contribution is 2.32. The Morgan fingerprint density at radius 3 is 2.52 bits per heavy atom. The topological polar surface area (TPSA) is 49.4 Å². The normalized spacial score (nSPS) is 15.3. The van der Waals surface area contributed by atoms with Crippen molar-refractivity contribution >= 4 is 23.4 Å². The van der Waals surface area contributed by atoms with Crippen LogP contribution in [0.25, 0.3) is 0 Å². The molecule has 1 fully saturated rings. The van der Waals surface area contributed by atoms with Crippen LogP contribution in [0.1, 0.15) is 15.9 Å². The van der Waals surface area contributed by atoms with Gasteiger partial charge in [0.1, 0.15) is 11.7 Å². The van der Waals surface area contributed by atoms with E-state index >= 15 is 0 Å². The predicted molar refractivity (Wildman–Crippen MR) is 74.5 cm³/mol. The summed E-state index contributed by atoms with van der Waals surface area (Å²) in [4.78, 5) is 24.6. The molecule has 0 unspecified atom stereocenters. The van der Waals surface area contributed by atoms with Crippen LogP contribution in [-0.2, 0) is 11.0 Å². The molecule has 0 atom stereocenters. The van der Waals surface area contributed by atoms with E-state index in [1.807, 2.05) is 0 Å². The second kappa shape index (κ2) is 6.74. The first-order valence-electron chi connectivity index (χ1n) is 6.71. The lowest BCUT2D eigenvalue weighted by Gasteiger charge is -2.39. The maximum absolute atomic E-state index is 13.0. The molecule has 1 saturated heterocycles. The van der Waals surface area contributed by atoms with Crippen LogP contribution in [0.2, 0.25) is 0 Å². The second-order valence-electron chi connectivity index (χ2n) is 5.20. The van der Waals surface area contributed by atoms with Gasteiger partial charge in [-0.15, -0.1) is 11.6 Å². The molecule has 1 aliphatic rings. The highest BCUT2D eigenvalue weighted by atomic mass is 35.5. The molecular weight excluding hydrogens is 340 g/mol. The summed E-state index contributed by atoms with van der Waals surface area (Å²) in [5.41, 5.74) is -1.95. The fourth-order valence-corrected chi connectivity index (χ4v) is 2.44. The van der Waals surface area contributed by atoms with Gasteiger partial charge in [0, 0.05) is 25.6 Å². The molecule has 1 aromatic carbocycles. The molecular formula is C14H13ClF4N2O2. The van der Waals surface area contributed by atoms with E-state index in [2.05, 4.69) is 5.32 Å². The average Bonchev–Trinajstić information content (AvgIpc) is 2.43. The van der Waals surface area contributed by atoms with Crippen molar-refractivity contribution in [1.29, 1.82) is 0 Å². The van der Waals surface area contributed by atoms with E-state index < -0.39 is 29.0 Å². The zero-order chi connectivity index (χ0) is 17.2. The molecule has 4 nitrogen and oxygen atoms in total. The Morgan fingerprint density at radius 1 is 1.30 bits per heavy atom. The minimum absolute atomic E-state index is 0.0408. The standard InChI is InChI=1S/C14H13ClF4N2O2/c15-4-12(22)21-6-8(7-21)5-20-13(23)10-2-1-9(16)3-11(10)14(17,18)19/h1-3,8H,4-7H2,(H,20,23). The van der Waals surface area contributed by atoms with Gasteiger partial charge in [-0.3, -0.25) is 9.59 Å². The Hall–Kier alpha value is -1.83. The van der Waals surface area contributed by atoms with Crippen LogP contribution in [0.3, 0.4) is 0 Å². The SMILES string of the molecule is O=C(NCC1CN(C(=O)CCl)C1)c1ccc(F)cc1C(F)(F)F. The number of benzene rings is 1. The summed E-state index contributed by atoms with van der Waals surface area (Å²) in [6.45, 7) is 0.905. The third kappa shape index (κ3) is 4.13. The molecule has 0 bridgehead atoms. The smallest absolute Gasteiger partial charge is 0.352 e. The van der Waals surface area contributed by atoms with Crippen LogP contribution in [0, 0.1) is 11.7 Å². The molecule has 1 aliphatic heterocycles. The average molecular weight is 353 g/mol. The van der Waals surface area contributed by atoms with Gasteiger partial charge in [-0.1, -0.05) is 0 Å². The Labute approximate surface area is 134 Å². The molecule has 1 aromatic rings. The van der Waals surface area contributed by atoms with Crippen LogP contribution in [-0.4, -0.2) is 42.2 Å². The fraction of sp³-hybridized carbons (Fsp3) is 0.429. The summed E-state index contributed by atoms with van der Waals surface area (Å²) in [7, 11) is 0. The number of hydrogen-bond acceptors (Lipinski definition) is 2. The van der Waals surface area contributed by atoms with Crippen LogP contribution in [0.15, 0.2) is 18.2 Å². The lowest BCUT2D eigenvalue weighted by molar-refractivity contribution is -0.138. The van der Waals surface area contributed by atoms with Gasteiger partial charge in [0.25, 0.3) is 5.91 Å². The monoisotopic (exact) mass is 352 g/mol. The van der Waals surface area contributed by atoms with Gasteiger partial charge in [0.2, 0.25) is 5.91 Å². The minimum Gasteiger partial charge on any atom is -0.352 e. The number of carbonyl (C=O) groups is 2. The molecule has 126 valence electrons. The van der Waals surface area contributed by atoms with E-state index in [4.69, 9.17) is 11.6 Å². The highest BCUT2D eigenvalue weighted by Gasteiger charge is 2.36. The molecule has 0 radical (unpaired) electrons. The first-order valence-corrected chi connectivity index (χ1v) is 7.24. The third-order valence-corrected chi connectivity index (χ3v) is 3.74. The molecule has 0 saturated carbocycles. The number of amides is 2. The van der Waals surface area contributed by atoms with Crippen molar-refractivity contribution < 1.29 is 27.2 Å². The lowest BCUT2D eigenvalue weighted by Crippen LogP contribution is -2.54. The van der Waals surface area contributed by atoms with E-state index in [-0.39, 0.29) is 24.2 Å². The second-order valence-corrected chi connectivity index (χ2v) is 5.46. The first-order chi connectivity index (χ1) is 10.7. The molecule has 0 aliphatic carbocycles. The number of likely N-dealkylation sites (tertiary alicyclic amines) is 1. The molecule has 1 N–H and O–H groups in total. The van der Waals surface area contributed by atoms with E-state index in [1.165, 1.54) is 4.90 Å². The zero-order valence-corrected chi connectivity index (χ0v) is 12.5. The third-order valence-electron chi connectivity index (χ3n) is 3.51. The summed E-state index contributed by atoms with van der Waals surface area (Å²) < 4.78 is 51.5. The number of nitrogens with zero attached hydrogens (tertiary/aromatic N) is 1. The van der Waals surface area contributed by atoms with Crippen molar-refractivity contribution in [2.24, 2.45) is 5.92 Å². The van der Waals surface area contributed by atoms with Crippen LogP contribution in [0.5, 0.6) is 0 Å². The summed E-state index contributed by atoms with van der Waals surface area (Å²) in [5, 5.41) is 2.38. The van der Waals surface area contributed by atoms with Gasteiger partial charge in [0.05, 0.1) is 11.1 Å². The van der Waals surface area contributed by atoms with Crippen molar-refractivity contribution in [3.8, 4) is 0 Å². The number of rotatable bonds is 4. The van der Waals surface area contributed by atoms with Crippen molar-refractivity contribution in [2.75, 3.05) is 25.5 Å². The van der Waals surface area contributed by atoms with E-state index in [0.717, 1.165) is 12.1 Å². The molecule has 0 aromatic heterocycles. The summed E-state index contributed by atoms with van der Waals surface area (Å²) in [6.07, 6.45) is -4.82. The van der Waals surface area contributed by atoms with E-state index in [0.29, 0.717) is 19.2 Å². The Kier molecular flexibility index (Phi) is 5.13. The quantitative estimate of drug-likeness (QED) is 0.667. The maximum Gasteiger partial charge on any atom is 0.417 e. The Bertz CT molecular complexity index is 615. The maximum atomic E-state index is 13.0. The Balaban J connectivity index is 1.96. The van der Waals surface area contributed by atoms with Crippen molar-refractivity contribution in [1.82, 2.24) is 10.2 Å². The van der Waals surface area contributed by atoms with Crippen LogP contribution < -0.4 is 5.32 Å². The molecule has 1 heterocycles. The van der Waals surface area contributed by atoms with Crippen molar-refractivity contribution in [2.45, 2.75) is 6.18 Å². The van der Waals surface area contributed by atoms with Gasteiger partial charge < -0.3 is 10.2 Å². The first kappa shape index (κ1) is 17.5. The number of hydrogen-bond donors (Lipinski definition) is 1. The number of alkyl halides is 4. The molecule has 9 heteroatoms. The van der Waals surface area contributed by atoms with Gasteiger partial charge in [-0.2, -0.15) is 13.2 Å². The van der Waals surface area contributed by atoms with Crippen LogP contribution >= 0.6 is 11.6 Å². The van der Waals surface area contributed by atoms with Gasteiger partial charge in [0.15, 0.2) is 0 Å². The molecule has 0 spiro atoms. The summed E-state index contributed by atoms with van der Waals surface area (Å²) in [6, 6.07) is 1.89. The van der Waals surface area contributed by atoms with E-state index in [9.17, 15) is 27.2 Å². The number of nitrogens with one attached hydrogen (secondary N) is 1. The van der Waals surface area contributed by atoms with Gasteiger partial charge >= 0.3 is 6.18 Å². The van der Waals surface area contributed by atoms with E-state index in [1.54, 1.807) is 0 Å². The lowest BCUT2D eigenvalue weighted by atomic mass is 9.99. The number of carbonyl (C=O) groups excluding carboxylic acids is 2. The van der Waals surface area contributed by atoms with Crippen LogP contribution in [0.4, 0.5) is 17.6 Å². The van der Waals surface area contributed by atoms with Gasteiger partial charge in [-0.05, 0) is 18.2 Å². The zero-order valence-electron chi connectivity index (χ0n) is 11.8. The Morgan fingerprint density at radius 2 is 1.96 bits per heavy atom. The summed E-state index contributed by atoms with van der Waals surface area (Å²) in [5.74, 6) is -2.40. The minimum atomic E-state index is -4.82. The molecule has 23 heavy (non-hydrogen) atoms. The highest BCUT2D eigenvalue weighted by molar-refractivity contribution is 6.27. The molecule has 2 rings (SSSR count). The summed E-state index contributed by atoms with van der Waals surface area (Å²) >= 11 is 5.39. The fourth-order valence-electron chi connectivity index (χ4n) is 2.27. The predicted octanol–water partition coefficient (Wildman–Crippen LogP) is 2.27. The van der Waals surface area contributed by atoms with Crippen molar-refractivity contribution in [3.63, 3.8) is 0 Å². The van der Waals surface area contributed by atoms with Crippen molar-refractivity contribution in [3.05, 3.63) is 35.1 Å². The number of halogens is 5. The van der Waals surface area contributed by atoms with Gasteiger partial charge in [-0.25, -0.2) is 4.39 Å². The molecule has 2 amide bonds. The largest absolute Gasteiger partial charge is 0.417 e.